The minimum atomic E-state index is -0.418. The van der Waals surface area contributed by atoms with Gasteiger partial charge in [0.2, 0.25) is 5.88 Å². The molecule has 1 aliphatic rings. The number of amides is 1. The number of rotatable bonds is 4. The quantitative estimate of drug-likeness (QED) is 0.636. The number of hydrogen-bond donors (Lipinski definition) is 0. The maximum atomic E-state index is 12.7. The van der Waals surface area contributed by atoms with Gasteiger partial charge in [-0.05, 0) is 30.3 Å². The zero-order chi connectivity index (χ0) is 20.2. The molecule has 1 amide bonds. The summed E-state index contributed by atoms with van der Waals surface area (Å²) in [6.45, 7) is 1.20. The van der Waals surface area contributed by atoms with Gasteiger partial charge in [0.05, 0.1) is 18.9 Å². The van der Waals surface area contributed by atoms with Crippen LogP contribution in [0.1, 0.15) is 33.6 Å². The number of aromatic nitrogens is 2. The summed E-state index contributed by atoms with van der Waals surface area (Å²) in [4.78, 5) is 26.1. The molecule has 0 spiro atoms. The highest BCUT2D eigenvalue weighted by Gasteiger charge is 2.25. The summed E-state index contributed by atoms with van der Waals surface area (Å²) in [7, 11) is 1.33. The zero-order valence-corrected chi connectivity index (χ0v) is 16.1. The molecule has 3 aromatic rings. The Morgan fingerprint density at radius 2 is 1.69 bits per heavy atom. The molecule has 1 fully saturated rings. The molecular formula is C22H21N3O4. The Morgan fingerprint density at radius 1 is 1.00 bits per heavy atom. The van der Waals surface area contributed by atoms with E-state index in [1.54, 1.807) is 30.5 Å². The van der Waals surface area contributed by atoms with Crippen LogP contribution in [0.5, 0.6) is 5.88 Å². The third-order valence-electron chi connectivity index (χ3n) is 5.10. The van der Waals surface area contributed by atoms with E-state index in [0.717, 1.165) is 23.6 Å². The van der Waals surface area contributed by atoms with E-state index in [2.05, 4.69) is 14.9 Å². The molecule has 148 valence electrons. The van der Waals surface area contributed by atoms with Crippen LogP contribution >= 0.6 is 0 Å². The van der Waals surface area contributed by atoms with Crippen molar-refractivity contribution in [1.82, 2.24) is 15.1 Å². The number of esters is 1. The van der Waals surface area contributed by atoms with Crippen molar-refractivity contribution >= 4 is 22.6 Å². The van der Waals surface area contributed by atoms with E-state index in [9.17, 15) is 9.59 Å². The number of carbonyl (C=O) groups is 2. The number of likely N-dealkylation sites (tertiary alicyclic amines) is 1. The molecule has 2 heterocycles. The van der Waals surface area contributed by atoms with Gasteiger partial charge in [-0.25, -0.2) is 4.79 Å². The smallest absolute Gasteiger partial charge is 0.337 e. The average molecular weight is 391 g/mol. The van der Waals surface area contributed by atoms with Gasteiger partial charge in [0, 0.05) is 42.3 Å². The highest BCUT2D eigenvalue weighted by atomic mass is 16.5. The normalized spacial score (nSPS) is 14.6. The molecule has 29 heavy (non-hydrogen) atoms. The standard InChI is InChI=1S/C22H21N3O4/c1-28-22(27)16-8-6-15(7-9-16)21(26)25-12-10-18(11-13-25)29-20-19-5-3-2-4-17(19)14-23-24-20/h2-9,14,18H,10-13H2,1H3. The van der Waals surface area contributed by atoms with Crippen LogP contribution < -0.4 is 4.74 Å². The summed E-state index contributed by atoms with van der Waals surface area (Å²) in [6, 6.07) is 14.4. The predicted molar refractivity (Wildman–Crippen MR) is 107 cm³/mol. The molecule has 2 aromatic carbocycles. The first-order chi connectivity index (χ1) is 14.2. The molecule has 0 unspecified atom stereocenters. The predicted octanol–water partition coefficient (Wildman–Crippen LogP) is 3.10. The molecule has 1 aliphatic heterocycles. The van der Waals surface area contributed by atoms with Crippen LogP contribution in [-0.2, 0) is 4.74 Å². The fourth-order valence-electron chi connectivity index (χ4n) is 3.47. The fraction of sp³-hybridized carbons (Fsp3) is 0.273. The van der Waals surface area contributed by atoms with Crippen LogP contribution in [0.4, 0.5) is 0 Å². The van der Waals surface area contributed by atoms with Crippen molar-refractivity contribution in [3.05, 3.63) is 65.9 Å². The van der Waals surface area contributed by atoms with E-state index >= 15 is 0 Å². The Hall–Kier alpha value is -3.48. The van der Waals surface area contributed by atoms with E-state index in [0.29, 0.717) is 30.1 Å². The van der Waals surface area contributed by atoms with Gasteiger partial charge in [-0.15, -0.1) is 5.10 Å². The number of methoxy groups -OCH3 is 1. The third-order valence-corrected chi connectivity index (χ3v) is 5.10. The summed E-state index contributed by atoms with van der Waals surface area (Å²) < 4.78 is 10.8. The molecule has 1 saturated heterocycles. The van der Waals surface area contributed by atoms with Gasteiger partial charge in [-0.1, -0.05) is 18.2 Å². The average Bonchev–Trinajstić information content (AvgIpc) is 2.79. The van der Waals surface area contributed by atoms with Gasteiger partial charge < -0.3 is 14.4 Å². The Bertz CT molecular complexity index is 1020. The van der Waals surface area contributed by atoms with Crippen molar-refractivity contribution in [3.63, 3.8) is 0 Å². The van der Waals surface area contributed by atoms with Gasteiger partial charge in [0.1, 0.15) is 6.10 Å². The molecule has 7 nitrogen and oxygen atoms in total. The fourth-order valence-corrected chi connectivity index (χ4v) is 3.47. The molecule has 0 aliphatic carbocycles. The Morgan fingerprint density at radius 3 is 2.41 bits per heavy atom. The highest BCUT2D eigenvalue weighted by molar-refractivity contribution is 5.96. The minimum Gasteiger partial charge on any atom is -0.473 e. The van der Waals surface area contributed by atoms with E-state index in [-0.39, 0.29) is 12.0 Å². The lowest BCUT2D eigenvalue weighted by Gasteiger charge is -2.32. The van der Waals surface area contributed by atoms with Crippen LogP contribution in [-0.4, -0.2) is 53.3 Å². The molecule has 0 N–H and O–H groups in total. The number of hydrogen-bond acceptors (Lipinski definition) is 6. The lowest BCUT2D eigenvalue weighted by Crippen LogP contribution is -2.41. The number of fused-ring (bicyclic) bond motifs is 1. The Labute approximate surface area is 168 Å². The first-order valence-corrected chi connectivity index (χ1v) is 9.50. The maximum Gasteiger partial charge on any atom is 0.337 e. The van der Waals surface area contributed by atoms with Crippen LogP contribution in [0.2, 0.25) is 0 Å². The second-order valence-electron chi connectivity index (χ2n) is 6.92. The molecule has 0 bridgehead atoms. The first-order valence-electron chi connectivity index (χ1n) is 9.50. The highest BCUT2D eigenvalue weighted by Crippen LogP contribution is 2.25. The molecule has 1 aromatic heterocycles. The van der Waals surface area contributed by atoms with Crippen LogP contribution in [0.15, 0.2) is 54.7 Å². The van der Waals surface area contributed by atoms with Crippen LogP contribution in [0.25, 0.3) is 10.8 Å². The Kier molecular flexibility index (Phi) is 5.37. The number of piperidine rings is 1. The van der Waals surface area contributed by atoms with Crippen LogP contribution in [0.3, 0.4) is 0 Å². The van der Waals surface area contributed by atoms with Crippen molar-refractivity contribution < 1.29 is 19.1 Å². The molecule has 4 rings (SSSR count). The molecule has 0 atom stereocenters. The summed E-state index contributed by atoms with van der Waals surface area (Å²) >= 11 is 0. The second kappa shape index (κ2) is 8.26. The monoisotopic (exact) mass is 391 g/mol. The van der Waals surface area contributed by atoms with E-state index in [1.807, 2.05) is 29.2 Å². The van der Waals surface area contributed by atoms with Gasteiger partial charge in [-0.2, -0.15) is 5.10 Å². The van der Waals surface area contributed by atoms with Crippen LogP contribution in [0, 0.1) is 0 Å². The minimum absolute atomic E-state index is 0.0131. The lowest BCUT2D eigenvalue weighted by atomic mass is 10.1. The number of benzene rings is 2. The first kappa shape index (κ1) is 18.9. The molecule has 7 heteroatoms. The van der Waals surface area contributed by atoms with Gasteiger partial charge in [-0.3, -0.25) is 4.79 Å². The molecule has 0 radical (unpaired) electrons. The van der Waals surface area contributed by atoms with Gasteiger partial charge in [0.15, 0.2) is 0 Å². The number of nitrogens with zero attached hydrogens (tertiary/aromatic N) is 3. The van der Waals surface area contributed by atoms with Gasteiger partial charge in [0.25, 0.3) is 5.91 Å². The zero-order valence-electron chi connectivity index (χ0n) is 16.1. The second-order valence-corrected chi connectivity index (χ2v) is 6.92. The third kappa shape index (κ3) is 4.03. The number of carbonyl (C=O) groups excluding carboxylic acids is 2. The van der Waals surface area contributed by atoms with Crippen molar-refractivity contribution in [2.45, 2.75) is 18.9 Å². The Balaban J connectivity index is 1.37. The largest absolute Gasteiger partial charge is 0.473 e. The van der Waals surface area contributed by atoms with Gasteiger partial charge >= 0.3 is 5.97 Å². The summed E-state index contributed by atoms with van der Waals surface area (Å²) in [5.74, 6) is 0.0644. The van der Waals surface area contributed by atoms with Crippen molar-refractivity contribution in [1.29, 1.82) is 0 Å². The molecule has 0 saturated carbocycles. The van der Waals surface area contributed by atoms with Crippen molar-refractivity contribution in [2.24, 2.45) is 0 Å². The summed E-state index contributed by atoms with van der Waals surface area (Å²) in [6.07, 6.45) is 3.14. The van der Waals surface area contributed by atoms with E-state index in [1.165, 1.54) is 7.11 Å². The maximum absolute atomic E-state index is 12.7. The van der Waals surface area contributed by atoms with E-state index < -0.39 is 5.97 Å². The topological polar surface area (TPSA) is 81.6 Å². The molecular weight excluding hydrogens is 370 g/mol. The number of ether oxygens (including phenoxy) is 2. The summed E-state index contributed by atoms with van der Waals surface area (Å²) in [5.41, 5.74) is 0.976. The summed E-state index contributed by atoms with van der Waals surface area (Å²) in [5, 5.41) is 10.1. The van der Waals surface area contributed by atoms with Crippen molar-refractivity contribution in [3.8, 4) is 5.88 Å². The van der Waals surface area contributed by atoms with E-state index in [4.69, 9.17) is 4.74 Å². The van der Waals surface area contributed by atoms with Crippen molar-refractivity contribution in [2.75, 3.05) is 20.2 Å². The SMILES string of the molecule is COC(=O)c1ccc(C(=O)N2CCC(Oc3nncc4ccccc34)CC2)cc1. The lowest BCUT2D eigenvalue weighted by molar-refractivity contribution is 0.0580.